The maximum Gasteiger partial charge on any atom is 0.313 e. The molecule has 2 rings (SSSR count). The number of carboxylic acids is 1. The number of thioether (sulfide) groups is 1. The van der Waals surface area contributed by atoms with Crippen molar-refractivity contribution in [2.24, 2.45) is 0 Å². The zero-order valence-electron chi connectivity index (χ0n) is 14.1. The largest absolute Gasteiger partial charge is 0.481 e. The Bertz CT molecular complexity index is 867. The smallest absolute Gasteiger partial charge is 0.313 e. The van der Waals surface area contributed by atoms with Gasteiger partial charge in [-0.1, -0.05) is 29.5 Å². The maximum atomic E-state index is 12.6. The van der Waals surface area contributed by atoms with Crippen LogP contribution in [0.2, 0.25) is 0 Å². The van der Waals surface area contributed by atoms with Crippen molar-refractivity contribution in [3.05, 3.63) is 47.4 Å². The SMILES string of the molecule is Cc1ccc(S(=O)(=O)N(C)Cc2nc(C)cc(SCC(=O)O)n2)cc1. The van der Waals surface area contributed by atoms with E-state index in [1.165, 1.54) is 11.4 Å². The van der Waals surface area contributed by atoms with Crippen molar-refractivity contribution in [3.8, 4) is 0 Å². The predicted molar refractivity (Wildman–Crippen MR) is 95.0 cm³/mol. The predicted octanol–water partition coefficient (Wildman–Crippen LogP) is 2.09. The molecule has 9 heteroatoms. The van der Waals surface area contributed by atoms with Gasteiger partial charge in [-0.05, 0) is 32.0 Å². The minimum absolute atomic E-state index is 0.00147. The van der Waals surface area contributed by atoms with Gasteiger partial charge in [0.2, 0.25) is 10.0 Å². The van der Waals surface area contributed by atoms with Gasteiger partial charge in [0.05, 0.1) is 17.2 Å². The third kappa shape index (κ3) is 5.25. The Labute approximate surface area is 151 Å². The molecular weight excluding hydrogens is 362 g/mol. The number of hydrogen-bond acceptors (Lipinski definition) is 6. The van der Waals surface area contributed by atoms with Crippen molar-refractivity contribution in [2.45, 2.75) is 30.3 Å². The van der Waals surface area contributed by atoms with E-state index in [9.17, 15) is 13.2 Å². The molecule has 134 valence electrons. The second-order valence-electron chi connectivity index (χ2n) is 5.52. The highest BCUT2D eigenvalue weighted by atomic mass is 32.2. The number of carbonyl (C=O) groups is 1. The first-order chi connectivity index (χ1) is 11.7. The molecule has 2 aromatic rings. The van der Waals surface area contributed by atoms with Gasteiger partial charge in [-0.2, -0.15) is 4.31 Å². The Morgan fingerprint density at radius 1 is 1.20 bits per heavy atom. The van der Waals surface area contributed by atoms with Crippen molar-refractivity contribution in [3.63, 3.8) is 0 Å². The number of aryl methyl sites for hydroxylation is 2. The molecule has 0 atom stereocenters. The summed E-state index contributed by atoms with van der Waals surface area (Å²) in [6.45, 7) is 3.64. The molecule has 1 N–H and O–H groups in total. The molecule has 0 amide bonds. The molecule has 0 aliphatic rings. The summed E-state index contributed by atoms with van der Waals surface area (Å²) in [5, 5.41) is 9.26. The lowest BCUT2D eigenvalue weighted by Gasteiger charge is -2.17. The maximum absolute atomic E-state index is 12.6. The molecule has 1 aromatic carbocycles. The van der Waals surface area contributed by atoms with Crippen LogP contribution in [0.25, 0.3) is 0 Å². The van der Waals surface area contributed by atoms with Gasteiger partial charge in [0.1, 0.15) is 10.9 Å². The Morgan fingerprint density at radius 3 is 2.44 bits per heavy atom. The lowest BCUT2D eigenvalue weighted by Crippen LogP contribution is -2.27. The number of sulfonamides is 1. The first-order valence-corrected chi connectivity index (χ1v) is 9.83. The standard InChI is InChI=1S/C16H19N3O4S2/c1-11-4-6-13(7-5-11)25(22,23)19(3)9-14-17-12(2)8-15(18-14)24-10-16(20)21/h4-8H,9-10H2,1-3H3,(H,20,21). The van der Waals surface area contributed by atoms with Gasteiger partial charge in [-0.3, -0.25) is 4.79 Å². The molecule has 1 aromatic heterocycles. The summed E-state index contributed by atoms with van der Waals surface area (Å²) in [6, 6.07) is 8.28. The van der Waals surface area contributed by atoms with E-state index in [1.807, 2.05) is 6.92 Å². The molecule has 0 aliphatic carbocycles. The second kappa shape index (κ2) is 7.94. The molecule has 0 radical (unpaired) electrons. The zero-order chi connectivity index (χ0) is 18.6. The first-order valence-electron chi connectivity index (χ1n) is 7.40. The van der Waals surface area contributed by atoms with Crippen LogP contribution in [0.5, 0.6) is 0 Å². The molecule has 0 saturated carbocycles. The van der Waals surface area contributed by atoms with E-state index in [4.69, 9.17) is 5.11 Å². The van der Waals surface area contributed by atoms with Gasteiger partial charge in [0.15, 0.2) is 0 Å². The van der Waals surface area contributed by atoms with Gasteiger partial charge in [-0.25, -0.2) is 18.4 Å². The van der Waals surface area contributed by atoms with E-state index >= 15 is 0 Å². The normalized spacial score (nSPS) is 11.7. The van der Waals surface area contributed by atoms with E-state index in [0.717, 1.165) is 17.3 Å². The lowest BCUT2D eigenvalue weighted by molar-refractivity contribution is -0.133. The van der Waals surface area contributed by atoms with E-state index in [2.05, 4.69) is 9.97 Å². The Hall–Kier alpha value is -1.97. The number of rotatable bonds is 7. The van der Waals surface area contributed by atoms with Crippen LogP contribution in [0.4, 0.5) is 0 Å². The van der Waals surface area contributed by atoms with Crippen molar-refractivity contribution in [1.82, 2.24) is 14.3 Å². The first kappa shape index (κ1) is 19.4. The van der Waals surface area contributed by atoms with Gasteiger partial charge >= 0.3 is 5.97 Å². The molecule has 0 aliphatic heterocycles. The van der Waals surface area contributed by atoms with Crippen LogP contribution < -0.4 is 0 Å². The van der Waals surface area contributed by atoms with Crippen LogP contribution in [-0.2, 0) is 21.4 Å². The highest BCUT2D eigenvalue weighted by Gasteiger charge is 2.22. The van der Waals surface area contributed by atoms with Crippen LogP contribution in [0.1, 0.15) is 17.1 Å². The average Bonchev–Trinajstić information content (AvgIpc) is 2.52. The highest BCUT2D eigenvalue weighted by Crippen LogP contribution is 2.19. The number of benzene rings is 1. The van der Waals surface area contributed by atoms with Crippen LogP contribution in [0.3, 0.4) is 0 Å². The molecule has 0 bridgehead atoms. The summed E-state index contributed by atoms with van der Waals surface area (Å²) < 4.78 is 26.4. The number of carboxylic acid groups (broad SMARTS) is 1. The molecule has 0 fully saturated rings. The van der Waals surface area contributed by atoms with E-state index in [1.54, 1.807) is 37.3 Å². The van der Waals surface area contributed by atoms with Crippen molar-refractivity contribution in [2.75, 3.05) is 12.8 Å². The summed E-state index contributed by atoms with van der Waals surface area (Å²) in [7, 11) is -2.19. The van der Waals surface area contributed by atoms with Crippen LogP contribution in [0.15, 0.2) is 40.3 Å². The molecule has 0 spiro atoms. The molecular formula is C16H19N3O4S2. The summed E-state index contributed by atoms with van der Waals surface area (Å²) in [5.41, 5.74) is 1.63. The molecule has 1 heterocycles. The van der Waals surface area contributed by atoms with Gasteiger partial charge < -0.3 is 5.11 Å². The Kier molecular flexibility index (Phi) is 6.15. The molecule has 0 saturated heterocycles. The summed E-state index contributed by atoms with van der Waals surface area (Å²) in [6.07, 6.45) is 0. The number of hydrogen-bond donors (Lipinski definition) is 1. The third-order valence-electron chi connectivity index (χ3n) is 3.31. The van der Waals surface area contributed by atoms with Crippen molar-refractivity contribution >= 4 is 27.8 Å². The van der Waals surface area contributed by atoms with Gasteiger partial charge in [0.25, 0.3) is 0 Å². The fraction of sp³-hybridized carbons (Fsp3) is 0.312. The lowest BCUT2D eigenvalue weighted by atomic mass is 10.2. The summed E-state index contributed by atoms with van der Waals surface area (Å²) >= 11 is 1.07. The van der Waals surface area contributed by atoms with Crippen molar-refractivity contribution in [1.29, 1.82) is 0 Å². The summed E-state index contributed by atoms with van der Waals surface area (Å²) in [4.78, 5) is 19.4. The van der Waals surface area contributed by atoms with Crippen molar-refractivity contribution < 1.29 is 18.3 Å². The Morgan fingerprint density at radius 2 is 1.84 bits per heavy atom. The number of aliphatic carboxylic acids is 1. The molecule has 7 nitrogen and oxygen atoms in total. The van der Waals surface area contributed by atoms with E-state index in [0.29, 0.717) is 16.5 Å². The molecule has 25 heavy (non-hydrogen) atoms. The van der Waals surface area contributed by atoms with Gasteiger partial charge in [-0.15, -0.1) is 0 Å². The number of aromatic nitrogens is 2. The average molecular weight is 381 g/mol. The highest BCUT2D eigenvalue weighted by molar-refractivity contribution is 7.99. The Balaban J connectivity index is 2.20. The number of nitrogens with zero attached hydrogens (tertiary/aromatic N) is 3. The second-order valence-corrected chi connectivity index (χ2v) is 8.56. The third-order valence-corrected chi connectivity index (χ3v) is 6.03. The fourth-order valence-corrected chi connectivity index (χ4v) is 3.87. The topological polar surface area (TPSA) is 100 Å². The quantitative estimate of drug-likeness (QED) is 0.579. The minimum atomic E-state index is -3.65. The zero-order valence-corrected chi connectivity index (χ0v) is 15.8. The van der Waals surface area contributed by atoms with E-state index in [-0.39, 0.29) is 17.2 Å². The summed E-state index contributed by atoms with van der Waals surface area (Å²) in [5.74, 6) is -0.735. The van der Waals surface area contributed by atoms with Crippen LogP contribution in [0, 0.1) is 13.8 Å². The van der Waals surface area contributed by atoms with E-state index < -0.39 is 16.0 Å². The molecule has 0 unspecified atom stereocenters. The fourth-order valence-electron chi connectivity index (χ4n) is 2.05. The monoisotopic (exact) mass is 381 g/mol. The van der Waals surface area contributed by atoms with Gasteiger partial charge in [0, 0.05) is 12.7 Å². The minimum Gasteiger partial charge on any atom is -0.481 e. The van der Waals surface area contributed by atoms with Crippen LogP contribution in [-0.4, -0.2) is 46.6 Å². The van der Waals surface area contributed by atoms with Crippen LogP contribution >= 0.6 is 11.8 Å².